The maximum Gasteiger partial charge on any atom is 0.333 e. The second-order valence-electron chi connectivity index (χ2n) is 3.22. The first-order chi connectivity index (χ1) is 6.57. The summed E-state index contributed by atoms with van der Waals surface area (Å²) in [6.45, 7) is 3.76. The number of nitrogens with two attached hydrogens (primary N) is 1. The van der Waals surface area contributed by atoms with Crippen LogP contribution < -0.4 is 5.73 Å². The van der Waals surface area contributed by atoms with Crippen LogP contribution in [-0.4, -0.2) is 30.6 Å². The fourth-order valence-corrected chi connectivity index (χ4v) is 1.85. The second kappa shape index (κ2) is 7.88. The number of carbonyl (C=O) groups excluding carboxylic acids is 1. The largest absolute Gasteiger partial charge is 0.466 e. The zero-order chi connectivity index (χ0) is 11.0. The highest BCUT2D eigenvalue weighted by atomic mass is 32.2. The third-order valence-electron chi connectivity index (χ3n) is 1.73. The Morgan fingerprint density at radius 1 is 1.64 bits per heavy atom. The van der Waals surface area contributed by atoms with Gasteiger partial charge in [-0.05, 0) is 26.0 Å². The molecule has 0 amide bonds. The molecule has 0 aromatic carbocycles. The van der Waals surface area contributed by atoms with Crippen LogP contribution in [0.15, 0.2) is 11.6 Å². The van der Waals surface area contributed by atoms with Gasteiger partial charge < -0.3 is 10.5 Å². The molecule has 0 saturated carbocycles. The SMILES string of the molecule is COC(=O)C(C)=CCSCCC(C)N. The summed E-state index contributed by atoms with van der Waals surface area (Å²) in [5.74, 6) is 1.62. The molecule has 0 aromatic heterocycles. The minimum absolute atomic E-state index is 0.252. The lowest BCUT2D eigenvalue weighted by molar-refractivity contribution is -0.136. The molecular formula is C10H19NO2S. The van der Waals surface area contributed by atoms with E-state index in [9.17, 15) is 4.79 Å². The molecule has 0 heterocycles. The number of carbonyl (C=O) groups is 1. The molecule has 0 radical (unpaired) electrons. The minimum atomic E-state index is -0.252. The molecule has 1 unspecified atom stereocenters. The molecule has 82 valence electrons. The van der Waals surface area contributed by atoms with E-state index in [1.54, 1.807) is 18.7 Å². The van der Waals surface area contributed by atoms with Crippen molar-refractivity contribution in [3.8, 4) is 0 Å². The number of methoxy groups -OCH3 is 1. The molecule has 0 bridgehead atoms. The molecule has 0 aliphatic carbocycles. The van der Waals surface area contributed by atoms with E-state index in [1.165, 1.54) is 7.11 Å². The summed E-state index contributed by atoms with van der Waals surface area (Å²) >= 11 is 1.77. The third kappa shape index (κ3) is 6.97. The molecule has 0 spiro atoms. The van der Waals surface area contributed by atoms with Crippen LogP contribution in [0.4, 0.5) is 0 Å². The summed E-state index contributed by atoms with van der Waals surface area (Å²) in [5.41, 5.74) is 6.27. The second-order valence-corrected chi connectivity index (χ2v) is 4.37. The number of hydrogen-bond acceptors (Lipinski definition) is 4. The van der Waals surface area contributed by atoms with Crippen molar-refractivity contribution >= 4 is 17.7 Å². The predicted octanol–water partition coefficient (Wildman–Crippen LogP) is 1.58. The Kier molecular flexibility index (Phi) is 7.61. The van der Waals surface area contributed by atoms with E-state index in [4.69, 9.17) is 5.73 Å². The lowest BCUT2D eigenvalue weighted by Gasteiger charge is -2.03. The fourth-order valence-electron chi connectivity index (χ4n) is 0.781. The summed E-state index contributed by atoms with van der Waals surface area (Å²) in [6, 6.07) is 0.258. The number of esters is 1. The first kappa shape index (κ1) is 13.5. The summed E-state index contributed by atoms with van der Waals surface area (Å²) in [6.07, 6.45) is 2.90. The lowest BCUT2D eigenvalue weighted by Crippen LogP contribution is -2.15. The van der Waals surface area contributed by atoms with E-state index < -0.39 is 0 Å². The van der Waals surface area contributed by atoms with Crippen LogP contribution in [0.5, 0.6) is 0 Å². The molecule has 0 fully saturated rings. The van der Waals surface area contributed by atoms with Crippen molar-refractivity contribution in [1.29, 1.82) is 0 Å². The Hall–Kier alpha value is -0.480. The van der Waals surface area contributed by atoms with Gasteiger partial charge >= 0.3 is 5.97 Å². The summed E-state index contributed by atoms with van der Waals surface area (Å²) in [7, 11) is 1.39. The number of thioether (sulfide) groups is 1. The maximum atomic E-state index is 11.0. The highest BCUT2D eigenvalue weighted by molar-refractivity contribution is 7.99. The van der Waals surface area contributed by atoms with Crippen LogP contribution in [0.2, 0.25) is 0 Å². The van der Waals surface area contributed by atoms with Gasteiger partial charge in [0.05, 0.1) is 7.11 Å². The lowest BCUT2D eigenvalue weighted by atomic mass is 10.3. The molecule has 0 aliphatic rings. The van der Waals surface area contributed by atoms with Crippen LogP contribution in [0, 0.1) is 0 Å². The highest BCUT2D eigenvalue weighted by Gasteiger charge is 2.01. The zero-order valence-corrected chi connectivity index (χ0v) is 9.89. The quantitative estimate of drug-likeness (QED) is 0.417. The molecular weight excluding hydrogens is 198 g/mol. The van der Waals surface area contributed by atoms with Crippen molar-refractivity contribution in [2.24, 2.45) is 5.73 Å². The van der Waals surface area contributed by atoms with E-state index in [0.717, 1.165) is 17.9 Å². The van der Waals surface area contributed by atoms with Gasteiger partial charge in [-0.15, -0.1) is 0 Å². The normalized spacial score (nSPS) is 13.9. The summed E-state index contributed by atoms with van der Waals surface area (Å²) in [4.78, 5) is 11.0. The number of ether oxygens (including phenoxy) is 1. The Bertz CT molecular complexity index is 202. The van der Waals surface area contributed by atoms with E-state index in [2.05, 4.69) is 4.74 Å². The van der Waals surface area contributed by atoms with Gasteiger partial charge in [-0.25, -0.2) is 4.79 Å². The minimum Gasteiger partial charge on any atom is -0.466 e. The standard InChI is InChI=1S/C10H19NO2S/c1-8(10(12)13-3)4-6-14-7-5-9(2)11/h4,9H,5-7,11H2,1-3H3. The van der Waals surface area contributed by atoms with E-state index in [-0.39, 0.29) is 12.0 Å². The van der Waals surface area contributed by atoms with Crippen molar-refractivity contribution in [3.63, 3.8) is 0 Å². The van der Waals surface area contributed by atoms with E-state index in [0.29, 0.717) is 5.57 Å². The third-order valence-corrected chi connectivity index (χ3v) is 2.66. The van der Waals surface area contributed by atoms with Crippen LogP contribution in [0.25, 0.3) is 0 Å². The Morgan fingerprint density at radius 2 is 2.29 bits per heavy atom. The highest BCUT2D eigenvalue weighted by Crippen LogP contribution is 2.06. The molecule has 4 heteroatoms. The number of rotatable bonds is 6. The zero-order valence-electron chi connectivity index (χ0n) is 9.08. The molecule has 2 N–H and O–H groups in total. The molecule has 1 atom stereocenters. The van der Waals surface area contributed by atoms with Crippen molar-refractivity contribution in [2.75, 3.05) is 18.6 Å². The van der Waals surface area contributed by atoms with Crippen molar-refractivity contribution in [1.82, 2.24) is 0 Å². The van der Waals surface area contributed by atoms with Gasteiger partial charge in [-0.3, -0.25) is 0 Å². The van der Waals surface area contributed by atoms with Gasteiger partial charge in [0.15, 0.2) is 0 Å². The van der Waals surface area contributed by atoms with Crippen LogP contribution >= 0.6 is 11.8 Å². The summed E-state index contributed by atoms with van der Waals surface area (Å²) in [5, 5.41) is 0. The smallest absolute Gasteiger partial charge is 0.333 e. The Balaban J connectivity index is 3.56. The molecule has 0 rings (SSSR count). The van der Waals surface area contributed by atoms with Crippen molar-refractivity contribution in [3.05, 3.63) is 11.6 Å². The van der Waals surface area contributed by atoms with Crippen LogP contribution in [0.3, 0.4) is 0 Å². The van der Waals surface area contributed by atoms with Gasteiger partial charge in [0.25, 0.3) is 0 Å². The Morgan fingerprint density at radius 3 is 2.79 bits per heavy atom. The van der Waals surface area contributed by atoms with E-state index in [1.807, 2.05) is 13.0 Å². The average molecular weight is 217 g/mol. The first-order valence-electron chi connectivity index (χ1n) is 4.66. The average Bonchev–Trinajstić information content (AvgIpc) is 2.15. The monoisotopic (exact) mass is 217 g/mol. The number of hydrogen-bond donors (Lipinski definition) is 1. The molecule has 0 saturated heterocycles. The molecule has 14 heavy (non-hydrogen) atoms. The first-order valence-corrected chi connectivity index (χ1v) is 5.81. The molecule has 0 aliphatic heterocycles. The van der Waals surface area contributed by atoms with Crippen molar-refractivity contribution < 1.29 is 9.53 Å². The summed E-state index contributed by atoms with van der Waals surface area (Å²) < 4.78 is 4.57. The van der Waals surface area contributed by atoms with Gasteiger partial charge in [0.2, 0.25) is 0 Å². The topological polar surface area (TPSA) is 52.3 Å². The fraction of sp³-hybridized carbons (Fsp3) is 0.700. The predicted molar refractivity (Wildman–Crippen MR) is 61.4 cm³/mol. The van der Waals surface area contributed by atoms with E-state index >= 15 is 0 Å². The van der Waals surface area contributed by atoms with Gasteiger partial charge in [-0.1, -0.05) is 6.08 Å². The van der Waals surface area contributed by atoms with Gasteiger partial charge in [0.1, 0.15) is 0 Å². The Labute approximate surface area is 90.1 Å². The van der Waals surface area contributed by atoms with Crippen molar-refractivity contribution in [2.45, 2.75) is 26.3 Å². The molecule has 3 nitrogen and oxygen atoms in total. The van der Waals surface area contributed by atoms with Crippen LogP contribution in [-0.2, 0) is 9.53 Å². The van der Waals surface area contributed by atoms with Gasteiger partial charge in [-0.2, -0.15) is 11.8 Å². The maximum absolute atomic E-state index is 11.0. The van der Waals surface area contributed by atoms with Crippen LogP contribution in [0.1, 0.15) is 20.3 Å². The van der Waals surface area contributed by atoms with Gasteiger partial charge in [0, 0.05) is 17.4 Å². The molecule has 0 aromatic rings.